The van der Waals surface area contributed by atoms with E-state index < -0.39 is 0 Å². The first-order valence-electron chi connectivity index (χ1n) is 8.24. The van der Waals surface area contributed by atoms with Crippen LogP contribution in [0.1, 0.15) is 25.8 Å². The van der Waals surface area contributed by atoms with Crippen LogP contribution in [0, 0.1) is 5.92 Å². The second-order valence-corrected chi connectivity index (χ2v) is 6.25. The number of likely N-dealkylation sites (tertiary alicyclic amines) is 1. The van der Waals surface area contributed by atoms with Gasteiger partial charge in [-0.2, -0.15) is 5.10 Å². The highest BCUT2D eigenvalue weighted by Gasteiger charge is 2.29. The topological polar surface area (TPSA) is 81.2 Å². The quantitative estimate of drug-likeness (QED) is 0.931. The van der Waals surface area contributed by atoms with E-state index in [9.17, 15) is 9.59 Å². The van der Waals surface area contributed by atoms with Crippen LogP contribution >= 0.6 is 0 Å². The summed E-state index contributed by atoms with van der Waals surface area (Å²) in [6.07, 6.45) is 4.96. The minimum Gasteiger partial charge on any atom is -0.369 e. The number of carbonyl (C=O) groups is 2. The Bertz CT molecular complexity index is 718. The van der Waals surface area contributed by atoms with Crippen molar-refractivity contribution in [3.63, 3.8) is 0 Å². The number of amides is 2. The molecule has 2 aromatic rings. The van der Waals surface area contributed by atoms with Crippen LogP contribution in [0.15, 0.2) is 42.7 Å². The summed E-state index contributed by atoms with van der Waals surface area (Å²) in [4.78, 5) is 25.7. The van der Waals surface area contributed by atoms with Crippen LogP contribution in [-0.2, 0) is 9.59 Å². The van der Waals surface area contributed by atoms with E-state index in [1.54, 1.807) is 15.8 Å². The molecule has 126 valence electrons. The fourth-order valence-electron chi connectivity index (χ4n) is 3.09. The molecule has 3 rings (SSSR count). The molecule has 1 unspecified atom stereocenters. The van der Waals surface area contributed by atoms with Crippen LogP contribution in [-0.4, -0.2) is 39.6 Å². The van der Waals surface area contributed by atoms with Gasteiger partial charge in [0.05, 0.1) is 6.20 Å². The van der Waals surface area contributed by atoms with Crippen molar-refractivity contribution in [1.82, 2.24) is 14.7 Å². The van der Waals surface area contributed by atoms with E-state index in [-0.39, 0.29) is 23.8 Å². The van der Waals surface area contributed by atoms with Crippen molar-refractivity contribution in [1.29, 1.82) is 0 Å². The summed E-state index contributed by atoms with van der Waals surface area (Å²) >= 11 is 0. The summed E-state index contributed by atoms with van der Waals surface area (Å²) in [5.74, 6) is -0.353. The summed E-state index contributed by atoms with van der Waals surface area (Å²) in [5, 5.41) is 4.35. The summed E-state index contributed by atoms with van der Waals surface area (Å²) in [5.41, 5.74) is 7.40. The maximum Gasteiger partial charge on any atom is 0.247 e. The van der Waals surface area contributed by atoms with Crippen LogP contribution < -0.4 is 5.73 Å². The standard InChI is InChI=1S/C18H22N4O2/c1-13(18(24)21-9-7-15(8-10-21)17(19)23)22-12-16(11-20-22)14-5-3-2-4-6-14/h2-6,11-13,15H,7-10H2,1H3,(H2,19,23). The van der Waals surface area contributed by atoms with Crippen molar-refractivity contribution in [2.45, 2.75) is 25.8 Å². The van der Waals surface area contributed by atoms with E-state index in [1.165, 1.54) is 0 Å². The summed E-state index contributed by atoms with van der Waals surface area (Å²) in [6, 6.07) is 9.59. The molecule has 6 heteroatoms. The Labute approximate surface area is 141 Å². The molecule has 0 saturated carbocycles. The Morgan fingerprint density at radius 2 is 1.83 bits per heavy atom. The number of hydrogen-bond acceptors (Lipinski definition) is 3. The number of hydrogen-bond donors (Lipinski definition) is 1. The van der Waals surface area contributed by atoms with E-state index in [1.807, 2.05) is 43.5 Å². The Balaban J connectivity index is 1.66. The zero-order chi connectivity index (χ0) is 17.1. The molecule has 0 bridgehead atoms. The van der Waals surface area contributed by atoms with Gasteiger partial charge in [0.15, 0.2) is 0 Å². The van der Waals surface area contributed by atoms with Gasteiger partial charge in [-0.3, -0.25) is 14.3 Å². The van der Waals surface area contributed by atoms with E-state index in [0.29, 0.717) is 25.9 Å². The zero-order valence-corrected chi connectivity index (χ0v) is 13.8. The molecule has 1 aromatic heterocycles. The highest BCUT2D eigenvalue weighted by molar-refractivity contribution is 5.81. The number of benzene rings is 1. The largest absolute Gasteiger partial charge is 0.369 e. The number of piperidine rings is 1. The first kappa shape index (κ1) is 16.2. The number of rotatable bonds is 4. The summed E-state index contributed by atoms with van der Waals surface area (Å²) in [7, 11) is 0. The number of nitrogens with zero attached hydrogens (tertiary/aromatic N) is 3. The Morgan fingerprint density at radius 1 is 1.17 bits per heavy atom. The maximum atomic E-state index is 12.7. The number of aromatic nitrogens is 2. The SMILES string of the molecule is CC(C(=O)N1CCC(C(N)=O)CC1)n1cc(-c2ccccc2)cn1. The summed E-state index contributed by atoms with van der Waals surface area (Å²) in [6.45, 7) is 3.00. The second-order valence-electron chi connectivity index (χ2n) is 6.25. The molecule has 1 aliphatic heterocycles. The van der Waals surface area contributed by atoms with Crippen molar-refractivity contribution in [3.05, 3.63) is 42.7 Å². The first-order valence-corrected chi connectivity index (χ1v) is 8.24. The molecule has 2 heterocycles. The first-order chi connectivity index (χ1) is 11.6. The van der Waals surface area contributed by atoms with Gasteiger partial charge in [-0.15, -0.1) is 0 Å². The highest BCUT2D eigenvalue weighted by Crippen LogP contribution is 2.22. The monoisotopic (exact) mass is 326 g/mol. The third-order valence-electron chi connectivity index (χ3n) is 4.67. The van der Waals surface area contributed by atoms with Gasteiger partial charge in [0, 0.05) is 30.8 Å². The van der Waals surface area contributed by atoms with Crippen LogP contribution in [0.5, 0.6) is 0 Å². The van der Waals surface area contributed by atoms with Gasteiger partial charge in [0.1, 0.15) is 6.04 Å². The molecular weight excluding hydrogens is 304 g/mol. The van der Waals surface area contributed by atoms with Crippen LogP contribution in [0.2, 0.25) is 0 Å². The molecule has 2 N–H and O–H groups in total. The molecule has 1 saturated heterocycles. The van der Waals surface area contributed by atoms with E-state index in [0.717, 1.165) is 11.1 Å². The minimum absolute atomic E-state index is 0.0284. The predicted octanol–water partition coefficient (Wildman–Crippen LogP) is 1.83. The lowest BCUT2D eigenvalue weighted by atomic mass is 9.96. The predicted molar refractivity (Wildman–Crippen MR) is 90.9 cm³/mol. The van der Waals surface area contributed by atoms with Gasteiger partial charge in [0.2, 0.25) is 11.8 Å². The lowest BCUT2D eigenvalue weighted by molar-refractivity contribution is -0.137. The number of carbonyl (C=O) groups excluding carboxylic acids is 2. The molecule has 0 spiro atoms. The smallest absolute Gasteiger partial charge is 0.247 e. The van der Waals surface area contributed by atoms with Crippen LogP contribution in [0.4, 0.5) is 0 Å². The average molecular weight is 326 g/mol. The van der Waals surface area contributed by atoms with Gasteiger partial charge >= 0.3 is 0 Å². The lowest BCUT2D eigenvalue weighted by Crippen LogP contribution is -2.44. The molecule has 6 nitrogen and oxygen atoms in total. The number of primary amides is 1. The number of nitrogens with two attached hydrogens (primary N) is 1. The maximum absolute atomic E-state index is 12.7. The average Bonchev–Trinajstić information content (AvgIpc) is 3.11. The van der Waals surface area contributed by atoms with Crippen molar-refractivity contribution in [3.8, 4) is 11.1 Å². The van der Waals surface area contributed by atoms with Crippen molar-refractivity contribution in [2.75, 3.05) is 13.1 Å². The molecule has 1 atom stereocenters. The molecule has 1 fully saturated rings. The van der Waals surface area contributed by atoms with Crippen molar-refractivity contribution >= 4 is 11.8 Å². The van der Waals surface area contributed by atoms with Crippen LogP contribution in [0.25, 0.3) is 11.1 Å². The lowest BCUT2D eigenvalue weighted by Gasteiger charge is -2.32. The molecule has 1 aromatic carbocycles. The van der Waals surface area contributed by atoms with Gasteiger partial charge in [-0.05, 0) is 25.3 Å². The third kappa shape index (κ3) is 3.32. The van der Waals surface area contributed by atoms with Gasteiger partial charge in [-0.25, -0.2) is 0 Å². The second kappa shape index (κ2) is 6.86. The Kier molecular flexibility index (Phi) is 4.64. The minimum atomic E-state index is -0.368. The zero-order valence-electron chi connectivity index (χ0n) is 13.8. The Hall–Kier alpha value is -2.63. The van der Waals surface area contributed by atoms with E-state index in [2.05, 4.69) is 5.10 Å². The molecular formula is C18H22N4O2. The normalized spacial score (nSPS) is 16.8. The van der Waals surface area contributed by atoms with E-state index in [4.69, 9.17) is 5.73 Å². The highest BCUT2D eigenvalue weighted by atomic mass is 16.2. The molecule has 0 radical (unpaired) electrons. The molecule has 1 aliphatic rings. The molecule has 24 heavy (non-hydrogen) atoms. The summed E-state index contributed by atoms with van der Waals surface area (Å²) < 4.78 is 1.70. The van der Waals surface area contributed by atoms with Gasteiger partial charge in [-0.1, -0.05) is 30.3 Å². The Morgan fingerprint density at radius 3 is 2.46 bits per heavy atom. The fraction of sp³-hybridized carbons (Fsp3) is 0.389. The van der Waals surface area contributed by atoms with Gasteiger partial charge in [0.25, 0.3) is 0 Å². The molecule has 2 amide bonds. The third-order valence-corrected chi connectivity index (χ3v) is 4.67. The van der Waals surface area contributed by atoms with Crippen LogP contribution in [0.3, 0.4) is 0 Å². The van der Waals surface area contributed by atoms with Crippen molar-refractivity contribution in [2.24, 2.45) is 11.7 Å². The van der Waals surface area contributed by atoms with Gasteiger partial charge < -0.3 is 10.6 Å². The van der Waals surface area contributed by atoms with E-state index >= 15 is 0 Å². The van der Waals surface area contributed by atoms with Crippen molar-refractivity contribution < 1.29 is 9.59 Å². The molecule has 0 aliphatic carbocycles. The fourth-order valence-corrected chi connectivity index (χ4v) is 3.09.